The van der Waals surface area contributed by atoms with Crippen LogP contribution < -0.4 is 5.73 Å². The Balaban J connectivity index is 2.55. The summed E-state index contributed by atoms with van der Waals surface area (Å²) in [5, 5.41) is 0. The van der Waals surface area contributed by atoms with Crippen molar-refractivity contribution in [3.8, 4) is 0 Å². The quantitative estimate of drug-likeness (QED) is 0.687. The van der Waals surface area contributed by atoms with Crippen molar-refractivity contribution in [3.63, 3.8) is 0 Å². The van der Waals surface area contributed by atoms with Crippen LogP contribution in [0.3, 0.4) is 0 Å². The van der Waals surface area contributed by atoms with Crippen molar-refractivity contribution in [2.24, 2.45) is 5.73 Å². The monoisotopic (exact) mass is 191 g/mol. The van der Waals surface area contributed by atoms with Gasteiger partial charge in [0.05, 0.1) is 6.42 Å². The summed E-state index contributed by atoms with van der Waals surface area (Å²) in [7, 11) is 0. The summed E-state index contributed by atoms with van der Waals surface area (Å²) in [4.78, 5) is 11.1. The first-order valence-corrected chi connectivity index (χ1v) is 4.45. The van der Waals surface area contributed by atoms with Crippen molar-refractivity contribution in [2.45, 2.75) is 6.42 Å². The van der Waals surface area contributed by atoms with E-state index in [1.807, 2.05) is 30.4 Å². The molecule has 2 N–H and O–H groups in total. The molecule has 0 spiro atoms. The molecule has 0 radical (unpaired) electrons. The van der Waals surface area contributed by atoms with Gasteiger partial charge >= 0.3 is 5.97 Å². The first kappa shape index (κ1) is 10.5. The van der Waals surface area contributed by atoms with Crippen LogP contribution in [-0.4, -0.2) is 12.5 Å². The van der Waals surface area contributed by atoms with Crippen molar-refractivity contribution in [2.75, 3.05) is 6.54 Å². The zero-order chi connectivity index (χ0) is 10.2. The molecule has 0 bridgehead atoms. The fraction of sp³-hybridized carbons (Fsp3) is 0.182. The average molecular weight is 191 g/mol. The van der Waals surface area contributed by atoms with E-state index in [0.29, 0.717) is 12.3 Å². The number of carbonyl (C=O) groups excluding carboxylic acids is 1. The highest BCUT2D eigenvalue weighted by atomic mass is 16.5. The highest BCUT2D eigenvalue weighted by Gasteiger charge is 2.02. The fourth-order valence-corrected chi connectivity index (χ4v) is 0.917. The van der Waals surface area contributed by atoms with Gasteiger partial charge in [0.15, 0.2) is 0 Å². The normalized spacial score (nSPS) is 25.1. The van der Waals surface area contributed by atoms with Gasteiger partial charge in [0.25, 0.3) is 0 Å². The Morgan fingerprint density at radius 1 is 1.21 bits per heavy atom. The zero-order valence-electron chi connectivity index (χ0n) is 7.85. The topological polar surface area (TPSA) is 52.3 Å². The average Bonchev–Trinajstić information content (AvgIpc) is 2.10. The summed E-state index contributed by atoms with van der Waals surface area (Å²) in [6.07, 6.45) is 12.9. The van der Waals surface area contributed by atoms with E-state index in [-0.39, 0.29) is 12.4 Å². The highest BCUT2D eigenvalue weighted by molar-refractivity contribution is 5.71. The first-order valence-electron chi connectivity index (χ1n) is 4.45. The maximum Gasteiger partial charge on any atom is 0.312 e. The summed E-state index contributed by atoms with van der Waals surface area (Å²) >= 11 is 0. The second kappa shape index (κ2) is 5.94. The van der Waals surface area contributed by atoms with E-state index in [9.17, 15) is 4.79 Å². The Labute approximate surface area is 83.2 Å². The van der Waals surface area contributed by atoms with Gasteiger partial charge in [-0.15, -0.1) is 0 Å². The number of hydrogen-bond acceptors (Lipinski definition) is 3. The molecule has 0 aromatic heterocycles. The molecule has 0 aromatic carbocycles. The number of carbonyl (C=O) groups is 1. The van der Waals surface area contributed by atoms with Crippen molar-refractivity contribution >= 4 is 5.97 Å². The molecule has 0 heterocycles. The zero-order valence-corrected chi connectivity index (χ0v) is 7.85. The predicted molar refractivity (Wildman–Crippen MR) is 55.3 cm³/mol. The SMILES string of the molecule is NCCC(=O)OC1=C/C=C\C=C/C=C\1. The van der Waals surface area contributed by atoms with Crippen LogP contribution in [0.15, 0.2) is 48.3 Å². The molecule has 1 rings (SSSR count). The minimum atomic E-state index is -0.304. The second-order valence-electron chi connectivity index (χ2n) is 2.71. The van der Waals surface area contributed by atoms with Crippen molar-refractivity contribution in [1.82, 2.24) is 0 Å². The number of allylic oxidation sites excluding steroid dienone is 7. The molecule has 0 saturated heterocycles. The maximum atomic E-state index is 11.1. The number of esters is 1. The molecule has 0 aliphatic heterocycles. The minimum Gasteiger partial charge on any atom is -0.426 e. The number of ether oxygens (including phenoxy) is 1. The molecule has 3 heteroatoms. The van der Waals surface area contributed by atoms with Crippen LogP contribution in [0.25, 0.3) is 0 Å². The summed E-state index contributed by atoms with van der Waals surface area (Å²) in [6, 6.07) is 0. The van der Waals surface area contributed by atoms with E-state index in [4.69, 9.17) is 10.5 Å². The van der Waals surface area contributed by atoms with E-state index in [1.165, 1.54) is 0 Å². The lowest BCUT2D eigenvalue weighted by Crippen LogP contribution is -2.10. The van der Waals surface area contributed by atoms with E-state index in [2.05, 4.69) is 0 Å². The number of hydrogen-bond donors (Lipinski definition) is 1. The molecular weight excluding hydrogens is 178 g/mol. The van der Waals surface area contributed by atoms with Crippen LogP contribution in [0.1, 0.15) is 6.42 Å². The molecule has 0 amide bonds. The predicted octanol–water partition coefficient (Wildman–Crippen LogP) is 1.44. The smallest absolute Gasteiger partial charge is 0.312 e. The van der Waals surface area contributed by atoms with E-state index in [1.54, 1.807) is 12.2 Å². The molecular formula is C11H13NO2. The second-order valence-corrected chi connectivity index (χ2v) is 2.71. The first-order chi connectivity index (χ1) is 6.83. The van der Waals surface area contributed by atoms with E-state index >= 15 is 0 Å². The lowest BCUT2D eigenvalue weighted by Gasteiger charge is -2.03. The Kier molecular flexibility index (Phi) is 4.44. The molecule has 3 nitrogen and oxygen atoms in total. The van der Waals surface area contributed by atoms with Gasteiger partial charge in [0.1, 0.15) is 5.76 Å². The molecule has 0 unspecified atom stereocenters. The van der Waals surface area contributed by atoms with E-state index < -0.39 is 0 Å². The van der Waals surface area contributed by atoms with Gasteiger partial charge in [-0.1, -0.05) is 30.4 Å². The summed E-state index contributed by atoms with van der Waals surface area (Å²) in [5.74, 6) is 0.227. The van der Waals surface area contributed by atoms with Crippen molar-refractivity contribution < 1.29 is 9.53 Å². The lowest BCUT2D eigenvalue weighted by molar-refractivity contribution is -0.138. The molecule has 0 saturated carbocycles. The van der Waals surface area contributed by atoms with Gasteiger partial charge in [-0.2, -0.15) is 0 Å². The number of rotatable bonds is 3. The van der Waals surface area contributed by atoms with Crippen LogP contribution in [-0.2, 0) is 9.53 Å². The van der Waals surface area contributed by atoms with E-state index in [0.717, 1.165) is 0 Å². The summed E-state index contributed by atoms with van der Waals surface area (Å²) in [6.45, 7) is 0.311. The van der Waals surface area contributed by atoms with Gasteiger partial charge in [-0.25, -0.2) is 0 Å². The molecule has 1 aliphatic carbocycles. The Morgan fingerprint density at radius 3 is 2.71 bits per heavy atom. The summed E-state index contributed by atoms with van der Waals surface area (Å²) in [5.41, 5.74) is 5.23. The molecule has 0 atom stereocenters. The fourth-order valence-electron chi connectivity index (χ4n) is 0.917. The van der Waals surface area contributed by atoms with Crippen molar-refractivity contribution in [3.05, 3.63) is 48.3 Å². The number of nitrogens with two attached hydrogens (primary N) is 1. The van der Waals surface area contributed by atoms with Crippen molar-refractivity contribution in [1.29, 1.82) is 0 Å². The molecule has 74 valence electrons. The molecule has 1 aliphatic rings. The van der Waals surface area contributed by atoms with Gasteiger partial charge in [-0.05, 0) is 12.2 Å². The highest BCUT2D eigenvalue weighted by Crippen LogP contribution is 2.04. The van der Waals surface area contributed by atoms with Crippen LogP contribution in [0.4, 0.5) is 0 Å². The minimum absolute atomic E-state index is 0.241. The third-order valence-electron chi connectivity index (χ3n) is 1.55. The third kappa shape index (κ3) is 3.87. The van der Waals surface area contributed by atoms with Gasteiger partial charge in [-0.3, -0.25) is 4.79 Å². The Morgan fingerprint density at radius 2 is 1.93 bits per heavy atom. The molecule has 0 aromatic rings. The van der Waals surface area contributed by atoms with Crippen LogP contribution >= 0.6 is 0 Å². The maximum absolute atomic E-state index is 11.1. The van der Waals surface area contributed by atoms with Crippen LogP contribution in [0.5, 0.6) is 0 Å². The van der Waals surface area contributed by atoms with Gasteiger partial charge in [0, 0.05) is 6.54 Å². The van der Waals surface area contributed by atoms with Gasteiger partial charge < -0.3 is 10.5 Å². The molecule has 14 heavy (non-hydrogen) atoms. The lowest BCUT2D eigenvalue weighted by atomic mass is 10.3. The van der Waals surface area contributed by atoms with Gasteiger partial charge in [0.2, 0.25) is 0 Å². The Hall–Kier alpha value is -1.61. The standard InChI is InChI=1S/C11H13NO2/c12-9-8-11(13)14-10-6-4-2-1-3-5-7-10/h1-7H,8-9,12H2/b2-1-,3-1?,4-2?,5-3-,6-4-,7-5?,10-6?,10-7+. The third-order valence-corrected chi connectivity index (χ3v) is 1.55. The largest absolute Gasteiger partial charge is 0.426 e. The van der Waals surface area contributed by atoms with Crippen LogP contribution in [0.2, 0.25) is 0 Å². The molecule has 0 fully saturated rings. The van der Waals surface area contributed by atoms with Crippen LogP contribution in [0, 0.1) is 0 Å². The Bertz CT molecular complexity index is 311. The summed E-state index contributed by atoms with van der Waals surface area (Å²) < 4.78 is 5.04.